The highest BCUT2D eigenvalue weighted by Gasteiger charge is 2.18. The molecule has 0 amide bonds. The fraction of sp³-hybridized carbons (Fsp3) is 0.519. The number of unbranched alkanes of at least 4 members (excludes halogenated alkanes) is 4. The van der Waals surface area contributed by atoms with Crippen molar-refractivity contribution in [1.82, 2.24) is 0 Å². The first-order valence-electron chi connectivity index (χ1n) is 11.1. The summed E-state index contributed by atoms with van der Waals surface area (Å²) in [6, 6.07) is 8.45. The van der Waals surface area contributed by atoms with Crippen LogP contribution in [0.2, 0.25) is 0 Å². The molecule has 0 aromatic heterocycles. The number of rotatable bonds is 10. The first-order valence-corrected chi connectivity index (χ1v) is 11.1. The molecule has 0 aliphatic rings. The van der Waals surface area contributed by atoms with Gasteiger partial charge in [-0.2, -0.15) is 0 Å². The van der Waals surface area contributed by atoms with Crippen LogP contribution in [0.15, 0.2) is 24.3 Å². The molecule has 0 atom stereocenters. The molecular formula is C27H38O. The molecule has 0 spiro atoms. The number of hydrogen-bond acceptors (Lipinski definition) is 1. The quantitative estimate of drug-likeness (QED) is 0.307. The van der Waals surface area contributed by atoms with Crippen molar-refractivity contribution in [1.29, 1.82) is 0 Å². The van der Waals surface area contributed by atoms with Gasteiger partial charge in [0.15, 0.2) is 5.78 Å². The number of carbonyl (C=O) groups excluding carboxylic acids is 1. The summed E-state index contributed by atoms with van der Waals surface area (Å²) < 4.78 is 0. The summed E-state index contributed by atoms with van der Waals surface area (Å²) in [7, 11) is 0. The average Bonchev–Trinajstić information content (AvgIpc) is 2.68. The van der Waals surface area contributed by atoms with E-state index in [-0.39, 0.29) is 5.78 Å². The van der Waals surface area contributed by atoms with Crippen molar-refractivity contribution in [2.75, 3.05) is 0 Å². The topological polar surface area (TPSA) is 17.1 Å². The molecule has 28 heavy (non-hydrogen) atoms. The van der Waals surface area contributed by atoms with Gasteiger partial charge in [-0.3, -0.25) is 4.79 Å². The molecular weight excluding hydrogens is 340 g/mol. The van der Waals surface area contributed by atoms with Gasteiger partial charge in [0.2, 0.25) is 0 Å². The number of aryl methyl sites for hydroxylation is 2. The van der Waals surface area contributed by atoms with Gasteiger partial charge < -0.3 is 0 Å². The van der Waals surface area contributed by atoms with Crippen molar-refractivity contribution in [3.63, 3.8) is 0 Å². The Kier molecular flexibility index (Phi) is 8.48. The average molecular weight is 379 g/mol. The van der Waals surface area contributed by atoms with Crippen molar-refractivity contribution in [2.45, 2.75) is 92.9 Å². The van der Waals surface area contributed by atoms with Crippen LogP contribution < -0.4 is 0 Å². The molecule has 0 aliphatic carbocycles. The van der Waals surface area contributed by atoms with Crippen LogP contribution in [0.1, 0.15) is 102 Å². The molecule has 152 valence electrons. The fourth-order valence-electron chi connectivity index (χ4n) is 4.06. The third kappa shape index (κ3) is 5.13. The molecule has 0 bridgehead atoms. The van der Waals surface area contributed by atoms with E-state index in [0.717, 1.165) is 35.1 Å². The molecule has 1 nitrogen and oxygen atoms in total. The lowest BCUT2D eigenvalue weighted by atomic mass is 9.87. The standard InChI is InChI=1S/C27H38O/c1-7-9-11-13-23-15-17-25(21(5)19(23)3)27(28)26-18-16-24(14-12-10-8-2)20(4)22(26)6/h15-18H,7-14H2,1-6H3. The summed E-state index contributed by atoms with van der Waals surface area (Å²) in [5.41, 5.74) is 9.35. The number of carbonyl (C=O) groups is 1. The highest BCUT2D eigenvalue weighted by molar-refractivity contribution is 6.11. The lowest BCUT2D eigenvalue weighted by Crippen LogP contribution is -2.10. The van der Waals surface area contributed by atoms with Crippen LogP contribution >= 0.6 is 0 Å². The highest BCUT2D eigenvalue weighted by Crippen LogP contribution is 2.26. The number of benzene rings is 2. The molecule has 0 heterocycles. The third-order valence-corrected chi connectivity index (χ3v) is 6.39. The summed E-state index contributed by atoms with van der Waals surface area (Å²) >= 11 is 0. The molecule has 0 fully saturated rings. The molecule has 2 aromatic carbocycles. The minimum absolute atomic E-state index is 0.168. The Balaban J connectivity index is 2.28. The maximum absolute atomic E-state index is 13.3. The minimum atomic E-state index is 0.168. The van der Waals surface area contributed by atoms with Gasteiger partial charge in [-0.1, -0.05) is 63.8 Å². The Morgan fingerprint density at radius 3 is 1.36 bits per heavy atom. The SMILES string of the molecule is CCCCCc1ccc(C(=O)c2ccc(CCCCC)c(C)c2C)c(C)c1C. The van der Waals surface area contributed by atoms with E-state index in [9.17, 15) is 4.79 Å². The Bertz CT molecular complexity index is 746. The summed E-state index contributed by atoms with van der Waals surface area (Å²) in [4.78, 5) is 13.3. The smallest absolute Gasteiger partial charge is 0.193 e. The Morgan fingerprint density at radius 1 is 0.607 bits per heavy atom. The Labute approximate surface area is 172 Å². The molecule has 1 heteroatoms. The fourth-order valence-corrected chi connectivity index (χ4v) is 4.06. The summed E-state index contributed by atoms with van der Waals surface area (Å²) in [6.07, 6.45) is 9.68. The zero-order chi connectivity index (χ0) is 20.7. The maximum atomic E-state index is 13.3. The molecule has 0 unspecified atom stereocenters. The molecule has 2 aromatic rings. The molecule has 0 radical (unpaired) electrons. The van der Waals surface area contributed by atoms with E-state index in [1.54, 1.807) is 0 Å². The molecule has 0 saturated carbocycles. The predicted octanol–water partition coefficient (Wildman–Crippen LogP) is 7.62. The highest BCUT2D eigenvalue weighted by atomic mass is 16.1. The van der Waals surface area contributed by atoms with Crippen LogP contribution in [0.4, 0.5) is 0 Å². The van der Waals surface area contributed by atoms with Crippen molar-refractivity contribution in [3.05, 3.63) is 68.8 Å². The van der Waals surface area contributed by atoms with E-state index in [4.69, 9.17) is 0 Å². The van der Waals surface area contributed by atoms with Crippen LogP contribution in [0.25, 0.3) is 0 Å². The maximum Gasteiger partial charge on any atom is 0.193 e. The lowest BCUT2D eigenvalue weighted by Gasteiger charge is -2.16. The lowest BCUT2D eigenvalue weighted by molar-refractivity contribution is 0.103. The second-order valence-electron chi connectivity index (χ2n) is 8.29. The van der Waals surface area contributed by atoms with E-state index in [2.05, 4.69) is 65.8 Å². The Morgan fingerprint density at radius 2 is 1.00 bits per heavy atom. The van der Waals surface area contributed by atoms with Gasteiger partial charge in [0.05, 0.1) is 0 Å². The zero-order valence-corrected chi connectivity index (χ0v) is 18.9. The number of hydrogen-bond donors (Lipinski definition) is 0. The summed E-state index contributed by atoms with van der Waals surface area (Å²) in [6.45, 7) is 13.0. The van der Waals surface area contributed by atoms with Gasteiger partial charge in [0.1, 0.15) is 0 Å². The van der Waals surface area contributed by atoms with Gasteiger partial charge in [0.25, 0.3) is 0 Å². The summed E-state index contributed by atoms with van der Waals surface area (Å²) in [5, 5.41) is 0. The molecule has 2 rings (SSSR count). The van der Waals surface area contributed by atoms with Crippen LogP contribution in [-0.4, -0.2) is 5.78 Å². The van der Waals surface area contributed by atoms with Crippen LogP contribution in [0, 0.1) is 27.7 Å². The molecule has 0 N–H and O–H groups in total. The monoisotopic (exact) mass is 378 g/mol. The Hall–Kier alpha value is -1.89. The second-order valence-corrected chi connectivity index (χ2v) is 8.29. The second kappa shape index (κ2) is 10.6. The normalized spacial score (nSPS) is 11.1. The summed E-state index contributed by atoms with van der Waals surface area (Å²) in [5.74, 6) is 0.168. The van der Waals surface area contributed by atoms with Crippen LogP contribution in [0.3, 0.4) is 0 Å². The van der Waals surface area contributed by atoms with Gasteiger partial charge in [-0.15, -0.1) is 0 Å². The van der Waals surface area contributed by atoms with Crippen LogP contribution in [-0.2, 0) is 12.8 Å². The zero-order valence-electron chi connectivity index (χ0n) is 18.9. The van der Waals surface area contributed by atoms with Crippen molar-refractivity contribution >= 4 is 5.78 Å². The predicted molar refractivity (Wildman–Crippen MR) is 122 cm³/mol. The van der Waals surface area contributed by atoms with Gasteiger partial charge in [-0.05, 0) is 86.8 Å². The third-order valence-electron chi connectivity index (χ3n) is 6.39. The largest absolute Gasteiger partial charge is 0.289 e. The van der Waals surface area contributed by atoms with Crippen molar-refractivity contribution in [3.8, 4) is 0 Å². The minimum Gasteiger partial charge on any atom is -0.289 e. The molecule has 0 aliphatic heterocycles. The molecule has 0 saturated heterocycles. The van der Waals surface area contributed by atoms with Gasteiger partial charge in [-0.25, -0.2) is 0 Å². The van der Waals surface area contributed by atoms with Gasteiger partial charge >= 0.3 is 0 Å². The van der Waals surface area contributed by atoms with E-state index in [1.165, 1.54) is 60.8 Å². The van der Waals surface area contributed by atoms with Gasteiger partial charge in [0, 0.05) is 11.1 Å². The van der Waals surface area contributed by atoms with E-state index < -0.39 is 0 Å². The van der Waals surface area contributed by atoms with E-state index in [0.29, 0.717) is 0 Å². The van der Waals surface area contributed by atoms with E-state index >= 15 is 0 Å². The number of ketones is 1. The van der Waals surface area contributed by atoms with Crippen LogP contribution in [0.5, 0.6) is 0 Å². The first kappa shape index (κ1) is 22.4. The first-order chi connectivity index (χ1) is 13.4. The van der Waals surface area contributed by atoms with Crippen molar-refractivity contribution < 1.29 is 4.79 Å². The van der Waals surface area contributed by atoms with Crippen molar-refractivity contribution in [2.24, 2.45) is 0 Å². The van der Waals surface area contributed by atoms with E-state index in [1.807, 2.05) is 0 Å².